The summed E-state index contributed by atoms with van der Waals surface area (Å²) in [5.74, 6) is -0.908. The number of nitriles is 1. The molecule has 7 heteroatoms. The number of anilines is 1. The van der Waals surface area contributed by atoms with E-state index in [1.54, 1.807) is 6.07 Å². The molecule has 2 aromatic carbocycles. The van der Waals surface area contributed by atoms with Gasteiger partial charge in [0.15, 0.2) is 11.5 Å². The van der Waals surface area contributed by atoms with Crippen molar-refractivity contribution in [3.8, 4) is 45.7 Å². The lowest BCUT2D eigenvalue weighted by Gasteiger charge is -2.12. The van der Waals surface area contributed by atoms with Crippen molar-refractivity contribution in [3.63, 3.8) is 0 Å². The van der Waals surface area contributed by atoms with Crippen LogP contribution in [-0.2, 0) is 0 Å². The third-order valence-corrected chi connectivity index (χ3v) is 3.90. The molecule has 6 nitrogen and oxygen atoms in total. The highest BCUT2D eigenvalue weighted by Gasteiger charge is 2.16. The predicted molar refractivity (Wildman–Crippen MR) is 94.1 cm³/mol. The molecule has 0 atom stereocenters. The molecule has 4 N–H and O–H groups in total. The summed E-state index contributed by atoms with van der Waals surface area (Å²) in [6.45, 7) is 0. The van der Waals surface area contributed by atoms with Crippen LogP contribution in [0.15, 0.2) is 42.5 Å². The van der Waals surface area contributed by atoms with Crippen molar-refractivity contribution in [1.82, 2.24) is 4.98 Å². The molecule has 130 valence electrons. The van der Waals surface area contributed by atoms with Gasteiger partial charge in [-0.05, 0) is 35.9 Å². The molecule has 0 aliphatic carbocycles. The third kappa shape index (κ3) is 2.96. The summed E-state index contributed by atoms with van der Waals surface area (Å²) in [4.78, 5) is 4.12. The van der Waals surface area contributed by atoms with E-state index in [1.807, 2.05) is 6.07 Å². The number of halogens is 1. The maximum atomic E-state index is 14.4. The summed E-state index contributed by atoms with van der Waals surface area (Å²) in [7, 11) is 1.43. The van der Waals surface area contributed by atoms with Gasteiger partial charge in [-0.2, -0.15) is 5.26 Å². The monoisotopic (exact) mass is 351 g/mol. The van der Waals surface area contributed by atoms with Crippen molar-refractivity contribution < 1.29 is 19.3 Å². The first-order valence-electron chi connectivity index (χ1n) is 7.51. The normalized spacial score (nSPS) is 10.3. The summed E-state index contributed by atoms with van der Waals surface area (Å²) in [6.07, 6.45) is 0. The Morgan fingerprint density at radius 1 is 1.08 bits per heavy atom. The smallest absolute Gasteiger partial charge is 0.158 e. The molecule has 3 aromatic rings. The largest absolute Gasteiger partial charge is 0.504 e. The predicted octanol–water partition coefficient (Wildman–Crippen LogP) is 3.43. The molecular weight excluding hydrogens is 337 g/mol. The quantitative estimate of drug-likeness (QED) is 0.623. The highest BCUT2D eigenvalue weighted by Crippen LogP contribution is 2.36. The lowest BCUT2D eigenvalue weighted by molar-refractivity contribution is 0.404. The zero-order chi connectivity index (χ0) is 18.8. The van der Waals surface area contributed by atoms with Gasteiger partial charge in [0.05, 0.1) is 12.8 Å². The van der Waals surface area contributed by atoms with Gasteiger partial charge in [0.1, 0.15) is 29.0 Å². The number of nitrogens with zero attached hydrogens (tertiary/aromatic N) is 2. The van der Waals surface area contributed by atoms with Crippen LogP contribution in [0.5, 0.6) is 17.2 Å². The number of benzene rings is 2. The first-order chi connectivity index (χ1) is 12.4. The minimum atomic E-state index is -0.555. The van der Waals surface area contributed by atoms with E-state index in [0.29, 0.717) is 16.9 Å². The van der Waals surface area contributed by atoms with E-state index in [2.05, 4.69) is 4.98 Å². The molecule has 0 amide bonds. The zero-order valence-electron chi connectivity index (χ0n) is 13.7. The Kier molecular flexibility index (Phi) is 4.33. The Balaban J connectivity index is 2.23. The maximum Gasteiger partial charge on any atom is 0.158 e. The average molecular weight is 351 g/mol. The zero-order valence-corrected chi connectivity index (χ0v) is 13.7. The van der Waals surface area contributed by atoms with Crippen LogP contribution >= 0.6 is 0 Å². The number of phenolic OH excluding ortho intramolecular Hbond substituents is 2. The summed E-state index contributed by atoms with van der Waals surface area (Å²) in [6, 6.07) is 11.9. The Hall–Kier alpha value is -3.79. The summed E-state index contributed by atoms with van der Waals surface area (Å²) >= 11 is 0. The van der Waals surface area contributed by atoms with Crippen LogP contribution in [-0.4, -0.2) is 22.3 Å². The molecule has 0 saturated heterocycles. The maximum absolute atomic E-state index is 14.4. The minimum absolute atomic E-state index is 0.0669. The number of methoxy groups -OCH3 is 1. The molecule has 0 aliphatic rings. The highest BCUT2D eigenvalue weighted by molar-refractivity contribution is 5.81. The Morgan fingerprint density at radius 3 is 2.46 bits per heavy atom. The van der Waals surface area contributed by atoms with E-state index in [0.717, 1.165) is 0 Å². The van der Waals surface area contributed by atoms with Crippen molar-refractivity contribution in [1.29, 1.82) is 5.26 Å². The second-order valence-electron chi connectivity index (χ2n) is 5.48. The molecule has 0 fully saturated rings. The van der Waals surface area contributed by atoms with Gasteiger partial charge < -0.3 is 20.7 Å². The van der Waals surface area contributed by atoms with Crippen LogP contribution in [0.2, 0.25) is 0 Å². The van der Waals surface area contributed by atoms with Gasteiger partial charge in [-0.1, -0.05) is 6.07 Å². The SMILES string of the molecule is COc1ccc(-c2cc(-c3ccc(O)c(O)c3)c(C#N)c(N)n2)c(F)c1. The van der Waals surface area contributed by atoms with Crippen LogP contribution in [0, 0.1) is 17.1 Å². The molecule has 0 spiro atoms. The number of aromatic nitrogens is 1. The molecule has 0 bridgehead atoms. The standard InChI is InChI=1S/C19H14FN3O3/c1-26-11-3-4-12(15(20)7-11)16-8-13(14(9-21)19(22)23-16)10-2-5-17(24)18(25)6-10/h2-8,24-25H,1H3,(H2,22,23). The fourth-order valence-electron chi connectivity index (χ4n) is 2.57. The molecule has 1 aromatic heterocycles. The van der Waals surface area contributed by atoms with Crippen LogP contribution in [0.4, 0.5) is 10.2 Å². The number of hydrogen-bond donors (Lipinski definition) is 3. The van der Waals surface area contributed by atoms with Crippen molar-refractivity contribution in [2.24, 2.45) is 0 Å². The lowest BCUT2D eigenvalue weighted by Crippen LogP contribution is -2.00. The van der Waals surface area contributed by atoms with Gasteiger partial charge in [-0.3, -0.25) is 0 Å². The fourth-order valence-corrected chi connectivity index (χ4v) is 2.57. The fraction of sp³-hybridized carbons (Fsp3) is 0.0526. The summed E-state index contributed by atoms with van der Waals surface area (Å²) in [5, 5.41) is 28.6. The van der Waals surface area contributed by atoms with Crippen molar-refractivity contribution in [2.75, 3.05) is 12.8 Å². The van der Waals surface area contributed by atoms with E-state index >= 15 is 0 Å². The first-order valence-corrected chi connectivity index (χ1v) is 7.51. The van der Waals surface area contributed by atoms with Gasteiger partial charge >= 0.3 is 0 Å². The number of nitrogen functional groups attached to an aromatic ring is 1. The van der Waals surface area contributed by atoms with Crippen molar-refractivity contribution in [3.05, 3.63) is 53.8 Å². The number of pyridine rings is 1. The van der Waals surface area contributed by atoms with Gasteiger partial charge in [-0.25, -0.2) is 9.37 Å². The topological polar surface area (TPSA) is 112 Å². The molecule has 26 heavy (non-hydrogen) atoms. The van der Waals surface area contributed by atoms with E-state index < -0.39 is 5.82 Å². The number of hydrogen-bond acceptors (Lipinski definition) is 6. The van der Waals surface area contributed by atoms with E-state index in [1.165, 1.54) is 43.5 Å². The molecule has 3 rings (SSSR count). The van der Waals surface area contributed by atoms with E-state index in [4.69, 9.17) is 10.5 Å². The molecule has 0 saturated carbocycles. The molecule has 1 heterocycles. The first kappa shape index (κ1) is 17.0. The summed E-state index contributed by atoms with van der Waals surface area (Å²) in [5.41, 5.74) is 7.19. The molecular formula is C19H14FN3O3. The van der Waals surface area contributed by atoms with Gasteiger partial charge in [0.2, 0.25) is 0 Å². The van der Waals surface area contributed by atoms with E-state index in [9.17, 15) is 19.9 Å². The van der Waals surface area contributed by atoms with Crippen molar-refractivity contribution >= 4 is 5.82 Å². The second-order valence-corrected chi connectivity index (χ2v) is 5.48. The average Bonchev–Trinajstić information content (AvgIpc) is 2.63. The van der Waals surface area contributed by atoms with Gasteiger partial charge in [0, 0.05) is 17.2 Å². The van der Waals surface area contributed by atoms with Gasteiger partial charge in [-0.15, -0.1) is 0 Å². The third-order valence-electron chi connectivity index (χ3n) is 3.90. The van der Waals surface area contributed by atoms with Crippen LogP contribution in [0.1, 0.15) is 5.56 Å². The Morgan fingerprint density at radius 2 is 1.85 bits per heavy atom. The molecule has 0 unspecified atom stereocenters. The Labute approximate surface area is 148 Å². The van der Waals surface area contributed by atoms with Gasteiger partial charge in [0.25, 0.3) is 0 Å². The van der Waals surface area contributed by atoms with Crippen LogP contribution in [0.3, 0.4) is 0 Å². The number of ether oxygens (including phenoxy) is 1. The second kappa shape index (κ2) is 6.61. The van der Waals surface area contributed by atoms with E-state index in [-0.39, 0.29) is 34.1 Å². The van der Waals surface area contributed by atoms with Crippen molar-refractivity contribution in [2.45, 2.75) is 0 Å². The highest BCUT2D eigenvalue weighted by atomic mass is 19.1. The number of aromatic hydroxyl groups is 2. The van der Waals surface area contributed by atoms with Crippen LogP contribution in [0.25, 0.3) is 22.4 Å². The molecule has 0 radical (unpaired) electrons. The van der Waals surface area contributed by atoms with Crippen LogP contribution < -0.4 is 10.5 Å². The number of phenols is 2. The lowest BCUT2D eigenvalue weighted by atomic mass is 9.98. The molecule has 0 aliphatic heterocycles. The Bertz CT molecular complexity index is 1040. The minimum Gasteiger partial charge on any atom is -0.504 e. The number of nitrogens with two attached hydrogens (primary N) is 1. The number of rotatable bonds is 3. The summed E-state index contributed by atoms with van der Waals surface area (Å²) < 4.78 is 19.4.